The lowest BCUT2D eigenvalue weighted by Crippen LogP contribution is -2.54. The quantitative estimate of drug-likeness (QED) is 0.243. The SMILES string of the molecule is C=CCN(C(=O)C(Cc1ccc(O)cc1)NC(=O)OC(C)(C)C)C(C(=O)NCCCC)c1cccc(C=C)c1. The van der Waals surface area contributed by atoms with Crippen LogP contribution in [0.4, 0.5) is 4.79 Å². The van der Waals surface area contributed by atoms with E-state index in [1.807, 2.05) is 25.1 Å². The van der Waals surface area contributed by atoms with E-state index in [4.69, 9.17) is 4.74 Å². The van der Waals surface area contributed by atoms with Crippen molar-refractivity contribution >= 4 is 24.0 Å². The van der Waals surface area contributed by atoms with Crippen LogP contribution in [-0.4, -0.2) is 52.6 Å². The molecule has 3 N–H and O–H groups in total. The van der Waals surface area contributed by atoms with Crippen LogP contribution in [0.15, 0.2) is 67.8 Å². The second-order valence-corrected chi connectivity index (χ2v) is 10.3. The minimum atomic E-state index is -1.06. The molecule has 0 heterocycles. The third-order valence-electron chi connectivity index (χ3n) is 5.83. The van der Waals surface area contributed by atoms with Crippen molar-refractivity contribution in [1.29, 1.82) is 0 Å². The predicted octanol–water partition coefficient (Wildman–Crippen LogP) is 5.14. The maximum Gasteiger partial charge on any atom is 0.408 e. The monoisotopic (exact) mass is 535 g/mol. The summed E-state index contributed by atoms with van der Waals surface area (Å²) in [5, 5.41) is 15.3. The van der Waals surface area contributed by atoms with Gasteiger partial charge >= 0.3 is 6.09 Å². The zero-order chi connectivity index (χ0) is 29.0. The van der Waals surface area contributed by atoms with E-state index in [0.29, 0.717) is 17.7 Å². The van der Waals surface area contributed by atoms with Crippen molar-refractivity contribution in [1.82, 2.24) is 15.5 Å². The Morgan fingerprint density at radius 2 is 1.79 bits per heavy atom. The molecular weight excluding hydrogens is 494 g/mol. The average Bonchev–Trinajstić information content (AvgIpc) is 2.88. The van der Waals surface area contributed by atoms with Gasteiger partial charge in [0.15, 0.2) is 0 Å². The molecule has 2 aromatic rings. The third-order valence-corrected chi connectivity index (χ3v) is 5.83. The van der Waals surface area contributed by atoms with Gasteiger partial charge in [-0.2, -0.15) is 0 Å². The van der Waals surface area contributed by atoms with Gasteiger partial charge in [0.2, 0.25) is 11.8 Å². The summed E-state index contributed by atoms with van der Waals surface area (Å²) in [7, 11) is 0. The van der Waals surface area contributed by atoms with Gasteiger partial charge in [-0.25, -0.2) is 4.79 Å². The Balaban J connectivity index is 2.53. The number of phenolic OH excluding ortho intramolecular Hbond substituents is 1. The summed E-state index contributed by atoms with van der Waals surface area (Å²) in [5.41, 5.74) is 1.34. The fourth-order valence-electron chi connectivity index (χ4n) is 3.99. The number of alkyl carbamates (subject to hydrolysis) is 1. The molecule has 2 aromatic carbocycles. The molecule has 2 rings (SSSR count). The Labute approximate surface area is 231 Å². The van der Waals surface area contributed by atoms with Gasteiger partial charge in [-0.3, -0.25) is 9.59 Å². The summed E-state index contributed by atoms with van der Waals surface area (Å²) in [6.07, 6.45) is 4.28. The highest BCUT2D eigenvalue weighted by atomic mass is 16.6. The highest BCUT2D eigenvalue weighted by Gasteiger charge is 2.36. The van der Waals surface area contributed by atoms with Gasteiger partial charge in [0, 0.05) is 19.5 Å². The lowest BCUT2D eigenvalue weighted by molar-refractivity contribution is -0.141. The molecule has 2 atom stereocenters. The number of phenols is 1. The Bertz CT molecular complexity index is 1140. The fraction of sp³-hybridized carbons (Fsp3) is 0.387. The van der Waals surface area contributed by atoms with E-state index >= 15 is 0 Å². The summed E-state index contributed by atoms with van der Waals surface area (Å²) < 4.78 is 5.43. The summed E-state index contributed by atoms with van der Waals surface area (Å²) >= 11 is 0. The van der Waals surface area contributed by atoms with Crippen LogP contribution in [0.5, 0.6) is 5.75 Å². The fourth-order valence-corrected chi connectivity index (χ4v) is 3.99. The maximum absolute atomic E-state index is 14.2. The lowest BCUT2D eigenvalue weighted by atomic mass is 9.98. The molecule has 0 spiro atoms. The topological polar surface area (TPSA) is 108 Å². The van der Waals surface area contributed by atoms with Crippen molar-refractivity contribution in [3.63, 3.8) is 0 Å². The normalized spacial score (nSPS) is 12.5. The second-order valence-electron chi connectivity index (χ2n) is 10.3. The molecule has 0 saturated heterocycles. The van der Waals surface area contributed by atoms with Crippen LogP contribution in [0.25, 0.3) is 6.08 Å². The van der Waals surface area contributed by atoms with Crippen LogP contribution in [0.1, 0.15) is 63.3 Å². The van der Waals surface area contributed by atoms with E-state index in [2.05, 4.69) is 23.8 Å². The van der Waals surface area contributed by atoms with Crippen LogP contribution in [-0.2, 0) is 20.7 Å². The summed E-state index contributed by atoms with van der Waals surface area (Å²) in [4.78, 5) is 41.9. The first-order valence-electron chi connectivity index (χ1n) is 13.2. The Kier molecular flexibility index (Phi) is 11.8. The Morgan fingerprint density at radius 1 is 1.10 bits per heavy atom. The van der Waals surface area contributed by atoms with Crippen LogP contribution in [0.3, 0.4) is 0 Å². The molecule has 3 amide bonds. The first kappa shape index (κ1) is 31.1. The lowest BCUT2D eigenvalue weighted by Gasteiger charge is -2.34. The molecule has 210 valence electrons. The molecule has 8 heteroatoms. The zero-order valence-corrected chi connectivity index (χ0v) is 23.4. The minimum Gasteiger partial charge on any atom is -0.508 e. The molecule has 0 fully saturated rings. The van der Waals surface area contributed by atoms with E-state index in [1.54, 1.807) is 51.1 Å². The number of rotatable bonds is 13. The first-order chi connectivity index (χ1) is 18.5. The van der Waals surface area contributed by atoms with Crippen LogP contribution < -0.4 is 10.6 Å². The van der Waals surface area contributed by atoms with Gasteiger partial charge in [-0.05, 0) is 62.1 Å². The number of hydrogen-bond acceptors (Lipinski definition) is 5. The van der Waals surface area contributed by atoms with Gasteiger partial charge in [0.25, 0.3) is 0 Å². The molecular formula is C31H41N3O5. The molecule has 39 heavy (non-hydrogen) atoms. The number of unbranched alkanes of at least 4 members (excludes halogenated alkanes) is 1. The minimum absolute atomic E-state index is 0.0606. The predicted molar refractivity (Wildman–Crippen MR) is 154 cm³/mol. The van der Waals surface area contributed by atoms with E-state index in [-0.39, 0.29) is 24.6 Å². The van der Waals surface area contributed by atoms with Crippen molar-refractivity contribution in [3.05, 3.63) is 84.5 Å². The number of carbonyl (C=O) groups excluding carboxylic acids is 3. The summed E-state index contributed by atoms with van der Waals surface area (Å²) in [6.45, 7) is 15.4. The van der Waals surface area contributed by atoms with Crippen molar-refractivity contribution < 1.29 is 24.2 Å². The van der Waals surface area contributed by atoms with Gasteiger partial charge in [-0.15, -0.1) is 6.58 Å². The molecule has 8 nitrogen and oxygen atoms in total. The Hall–Kier alpha value is -4.07. The number of carbonyl (C=O) groups is 3. The molecule has 0 aliphatic heterocycles. The number of hydrogen-bond donors (Lipinski definition) is 3. The zero-order valence-electron chi connectivity index (χ0n) is 23.4. The number of benzene rings is 2. The average molecular weight is 536 g/mol. The molecule has 2 unspecified atom stereocenters. The summed E-state index contributed by atoms with van der Waals surface area (Å²) in [5.74, 6) is -0.727. The van der Waals surface area contributed by atoms with Crippen molar-refractivity contribution in [3.8, 4) is 5.75 Å². The van der Waals surface area contributed by atoms with Gasteiger partial charge in [-0.1, -0.05) is 62.4 Å². The van der Waals surface area contributed by atoms with Gasteiger partial charge < -0.3 is 25.4 Å². The third kappa shape index (κ3) is 9.96. The first-order valence-corrected chi connectivity index (χ1v) is 13.2. The maximum atomic E-state index is 14.2. The number of ether oxygens (including phenoxy) is 1. The van der Waals surface area contributed by atoms with Crippen molar-refractivity contribution in [2.75, 3.05) is 13.1 Å². The molecule has 0 bridgehead atoms. The van der Waals surface area contributed by atoms with Gasteiger partial charge in [0.1, 0.15) is 23.4 Å². The van der Waals surface area contributed by atoms with E-state index in [9.17, 15) is 19.5 Å². The molecule has 0 aliphatic carbocycles. The number of nitrogens with zero attached hydrogens (tertiary/aromatic N) is 1. The van der Waals surface area contributed by atoms with E-state index in [1.165, 1.54) is 17.0 Å². The Morgan fingerprint density at radius 3 is 2.38 bits per heavy atom. The second kappa shape index (κ2) is 14.8. The molecule has 0 radical (unpaired) electrons. The molecule has 0 aliphatic rings. The highest BCUT2D eigenvalue weighted by molar-refractivity contribution is 5.92. The molecule has 0 saturated carbocycles. The van der Waals surface area contributed by atoms with E-state index < -0.39 is 29.7 Å². The van der Waals surface area contributed by atoms with E-state index in [0.717, 1.165) is 18.4 Å². The van der Waals surface area contributed by atoms with Crippen LogP contribution in [0.2, 0.25) is 0 Å². The smallest absolute Gasteiger partial charge is 0.408 e. The number of nitrogens with one attached hydrogen (secondary N) is 2. The number of aromatic hydroxyl groups is 1. The van der Waals surface area contributed by atoms with Gasteiger partial charge in [0.05, 0.1) is 0 Å². The number of amides is 3. The standard InChI is InChI=1S/C31H41N3O5/c1-7-10-18-32-28(36)27(24-13-11-12-22(9-3)20-24)34(19-8-2)29(37)26(33-30(38)39-31(4,5)6)21-23-14-16-25(35)17-15-23/h8-9,11-17,20,26-27,35H,2-3,7,10,18-19,21H2,1,4-6H3,(H,32,36)(H,33,38). The van der Waals surface area contributed by atoms with Crippen molar-refractivity contribution in [2.45, 2.75) is 64.6 Å². The molecule has 0 aromatic heterocycles. The van der Waals surface area contributed by atoms with Crippen molar-refractivity contribution in [2.24, 2.45) is 0 Å². The largest absolute Gasteiger partial charge is 0.508 e. The van der Waals surface area contributed by atoms with Crippen LogP contribution in [0, 0.1) is 0 Å². The highest BCUT2D eigenvalue weighted by Crippen LogP contribution is 2.25. The van der Waals surface area contributed by atoms with Crippen LogP contribution >= 0.6 is 0 Å². The summed E-state index contributed by atoms with van der Waals surface area (Å²) in [6, 6.07) is 11.6.